The van der Waals surface area contributed by atoms with Crippen LogP contribution >= 0.6 is 0 Å². The Balaban J connectivity index is 3.23. The van der Waals surface area contributed by atoms with Gasteiger partial charge in [0.25, 0.3) is 0 Å². The second-order valence-corrected chi connectivity index (χ2v) is 4.68. The highest BCUT2D eigenvalue weighted by Gasteiger charge is 2.47. The van der Waals surface area contributed by atoms with Crippen molar-refractivity contribution in [1.82, 2.24) is 5.32 Å². The molecule has 0 aliphatic carbocycles. The normalized spacial score (nSPS) is 10.8. The van der Waals surface area contributed by atoms with Crippen molar-refractivity contribution >= 4 is 17.8 Å². The van der Waals surface area contributed by atoms with Crippen molar-refractivity contribution in [3.63, 3.8) is 0 Å². The molecule has 1 aromatic carbocycles. The third-order valence-electron chi connectivity index (χ3n) is 3.05. The molecule has 0 spiro atoms. The first-order valence-corrected chi connectivity index (χ1v) is 6.12. The molecule has 7 heteroatoms. The van der Waals surface area contributed by atoms with E-state index in [0.717, 1.165) is 12.5 Å². The first-order chi connectivity index (χ1) is 9.72. The fourth-order valence-corrected chi connectivity index (χ4v) is 2.05. The molecular formula is C14H17NO6. The maximum atomic E-state index is 11.4. The molecule has 21 heavy (non-hydrogen) atoms. The first kappa shape index (κ1) is 16.5. The summed E-state index contributed by atoms with van der Waals surface area (Å²) < 4.78 is 5.09. The molecule has 0 bridgehead atoms. The van der Waals surface area contributed by atoms with Gasteiger partial charge in [-0.1, -0.05) is 12.1 Å². The van der Waals surface area contributed by atoms with Gasteiger partial charge in [0.1, 0.15) is 5.75 Å². The fourth-order valence-electron chi connectivity index (χ4n) is 2.05. The summed E-state index contributed by atoms with van der Waals surface area (Å²) >= 11 is 0. The summed E-state index contributed by atoms with van der Waals surface area (Å²) in [6.07, 6.45) is -0.373. The van der Waals surface area contributed by atoms with Crippen LogP contribution in [0.15, 0.2) is 18.2 Å². The van der Waals surface area contributed by atoms with Crippen molar-refractivity contribution in [2.75, 3.05) is 7.11 Å². The predicted octanol–water partition coefficient (Wildman–Crippen LogP) is 0.590. The summed E-state index contributed by atoms with van der Waals surface area (Å²) in [4.78, 5) is 33.9. The van der Waals surface area contributed by atoms with Crippen molar-refractivity contribution in [3.05, 3.63) is 29.3 Å². The molecule has 0 atom stereocenters. The molecular weight excluding hydrogens is 278 g/mol. The average molecular weight is 295 g/mol. The summed E-state index contributed by atoms with van der Waals surface area (Å²) in [5.41, 5.74) is -1.19. The van der Waals surface area contributed by atoms with Gasteiger partial charge >= 0.3 is 11.9 Å². The van der Waals surface area contributed by atoms with Crippen LogP contribution in [0.25, 0.3) is 0 Å². The Bertz CT molecular complexity index is 567. The number of carbonyl (C=O) groups is 3. The number of amides is 1. The molecule has 0 aliphatic rings. The van der Waals surface area contributed by atoms with Gasteiger partial charge in [0.05, 0.1) is 7.11 Å². The zero-order valence-electron chi connectivity index (χ0n) is 12.0. The molecule has 0 aromatic heterocycles. The number of carbonyl (C=O) groups excluding carboxylic acids is 1. The number of aryl methyl sites for hydroxylation is 1. The molecule has 114 valence electrons. The lowest BCUT2D eigenvalue weighted by atomic mass is 9.90. The van der Waals surface area contributed by atoms with Crippen LogP contribution < -0.4 is 10.1 Å². The lowest BCUT2D eigenvalue weighted by Crippen LogP contribution is -2.61. The van der Waals surface area contributed by atoms with Crippen LogP contribution in [0.2, 0.25) is 0 Å². The van der Waals surface area contributed by atoms with Crippen molar-refractivity contribution in [1.29, 1.82) is 0 Å². The number of carboxylic acid groups (broad SMARTS) is 2. The molecule has 0 heterocycles. The molecule has 0 saturated carbocycles. The fraction of sp³-hybridized carbons (Fsp3) is 0.357. The molecule has 3 N–H and O–H groups in total. The van der Waals surface area contributed by atoms with E-state index in [2.05, 4.69) is 0 Å². The molecule has 1 rings (SSSR count). The van der Waals surface area contributed by atoms with Crippen LogP contribution in [-0.2, 0) is 20.8 Å². The molecule has 0 fully saturated rings. The average Bonchev–Trinajstić information content (AvgIpc) is 2.37. The Kier molecular flexibility index (Phi) is 4.91. The van der Waals surface area contributed by atoms with Gasteiger partial charge in [-0.2, -0.15) is 0 Å². The molecule has 7 nitrogen and oxygen atoms in total. The number of hydrogen-bond donors (Lipinski definition) is 3. The van der Waals surface area contributed by atoms with Gasteiger partial charge in [0.15, 0.2) is 0 Å². The lowest BCUT2D eigenvalue weighted by Gasteiger charge is -2.25. The zero-order chi connectivity index (χ0) is 16.2. The maximum absolute atomic E-state index is 11.4. The number of carboxylic acids is 2. The van der Waals surface area contributed by atoms with Crippen molar-refractivity contribution in [2.45, 2.75) is 25.8 Å². The highest BCUT2D eigenvalue weighted by atomic mass is 16.5. The van der Waals surface area contributed by atoms with E-state index in [-0.39, 0.29) is 6.42 Å². The quantitative estimate of drug-likeness (QED) is 0.662. The summed E-state index contributed by atoms with van der Waals surface area (Å²) in [7, 11) is 1.50. The number of hydrogen-bond acceptors (Lipinski definition) is 4. The second-order valence-electron chi connectivity index (χ2n) is 4.68. The van der Waals surface area contributed by atoms with E-state index in [1.54, 1.807) is 25.1 Å². The van der Waals surface area contributed by atoms with Gasteiger partial charge in [0, 0.05) is 13.3 Å². The lowest BCUT2D eigenvalue weighted by molar-refractivity contribution is -0.161. The predicted molar refractivity (Wildman–Crippen MR) is 73.3 cm³/mol. The first-order valence-electron chi connectivity index (χ1n) is 6.12. The number of benzene rings is 1. The zero-order valence-corrected chi connectivity index (χ0v) is 12.0. The maximum Gasteiger partial charge on any atom is 0.341 e. The molecule has 0 saturated heterocycles. The van der Waals surface area contributed by atoms with Gasteiger partial charge in [-0.15, -0.1) is 0 Å². The van der Waals surface area contributed by atoms with E-state index in [4.69, 9.17) is 4.74 Å². The molecule has 1 amide bonds. The highest BCUT2D eigenvalue weighted by molar-refractivity contribution is 6.06. The SMILES string of the molecule is COc1ccc(CC(NC(C)=O)(C(=O)O)C(=O)O)cc1C. The standard InChI is InChI=1S/C14H17NO6/c1-8-6-10(4-5-11(8)21-3)7-14(12(17)18,13(19)20)15-9(2)16/h4-6H,7H2,1-3H3,(H,15,16)(H,17,18)(H,19,20). The smallest absolute Gasteiger partial charge is 0.341 e. The Morgan fingerprint density at radius 3 is 2.19 bits per heavy atom. The highest BCUT2D eigenvalue weighted by Crippen LogP contribution is 2.22. The molecule has 0 radical (unpaired) electrons. The molecule has 0 unspecified atom stereocenters. The van der Waals surface area contributed by atoms with E-state index in [0.29, 0.717) is 11.3 Å². The number of rotatable bonds is 6. The monoisotopic (exact) mass is 295 g/mol. The van der Waals surface area contributed by atoms with Crippen molar-refractivity contribution in [2.24, 2.45) is 0 Å². The van der Waals surface area contributed by atoms with Crippen LogP contribution in [0, 0.1) is 6.92 Å². The minimum absolute atomic E-state index is 0.373. The minimum atomic E-state index is -2.40. The Morgan fingerprint density at radius 2 is 1.81 bits per heavy atom. The van der Waals surface area contributed by atoms with E-state index in [1.165, 1.54) is 7.11 Å². The van der Waals surface area contributed by atoms with Crippen LogP contribution in [-0.4, -0.2) is 40.7 Å². The molecule has 1 aromatic rings. The Labute approximate surface area is 121 Å². The van der Waals surface area contributed by atoms with Crippen LogP contribution in [0.3, 0.4) is 0 Å². The third kappa shape index (κ3) is 3.50. The van der Waals surface area contributed by atoms with E-state index >= 15 is 0 Å². The number of methoxy groups -OCH3 is 1. The van der Waals surface area contributed by atoms with Gasteiger partial charge < -0.3 is 20.3 Å². The third-order valence-corrected chi connectivity index (χ3v) is 3.05. The van der Waals surface area contributed by atoms with E-state index < -0.39 is 23.4 Å². The summed E-state index contributed by atoms with van der Waals surface area (Å²) in [6.45, 7) is 2.82. The minimum Gasteiger partial charge on any atom is -0.496 e. The van der Waals surface area contributed by atoms with Crippen molar-refractivity contribution < 1.29 is 29.3 Å². The largest absolute Gasteiger partial charge is 0.496 e. The van der Waals surface area contributed by atoms with Gasteiger partial charge in [-0.05, 0) is 24.1 Å². The number of aliphatic carboxylic acids is 2. The topological polar surface area (TPSA) is 113 Å². The Morgan fingerprint density at radius 1 is 1.24 bits per heavy atom. The van der Waals surface area contributed by atoms with Gasteiger partial charge in [-0.3, -0.25) is 4.79 Å². The number of ether oxygens (including phenoxy) is 1. The van der Waals surface area contributed by atoms with Gasteiger partial charge in [0.2, 0.25) is 11.4 Å². The Hall–Kier alpha value is -2.57. The molecule has 0 aliphatic heterocycles. The summed E-state index contributed by atoms with van der Waals surface area (Å²) in [5.74, 6) is -3.38. The second kappa shape index (κ2) is 6.25. The summed E-state index contributed by atoms with van der Waals surface area (Å²) in [5, 5.41) is 20.5. The van der Waals surface area contributed by atoms with Crippen LogP contribution in [0.5, 0.6) is 5.75 Å². The summed E-state index contributed by atoms with van der Waals surface area (Å²) in [6, 6.07) is 4.81. The van der Waals surface area contributed by atoms with Crippen molar-refractivity contribution in [3.8, 4) is 5.75 Å². The van der Waals surface area contributed by atoms with Crippen LogP contribution in [0.1, 0.15) is 18.1 Å². The number of nitrogens with one attached hydrogen (secondary N) is 1. The van der Waals surface area contributed by atoms with E-state index in [1.807, 2.05) is 5.32 Å². The van der Waals surface area contributed by atoms with Crippen LogP contribution in [0.4, 0.5) is 0 Å². The van der Waals surface area contributed by atoms with Gasteiger partial charge in [-0.25, -0.2) is 9.59 Å². The van der Waals surface area contributed by atoms with E-state index in [9.17, 15) is 24.6 Å².